The van der Waals surface area contributed by atoms with Crippen molar-refractivity contribution in [3.05, 3.63) is 17.0 Å². The third-order valence-corrected chi connectivity index (χ3v) is 1.88. The molecule has 0 aromatic carbocycles. The van der Waals surface area contributed by atoms with E-state index in [4.69, 9.17) is 4.52 Å². The molecule has 0 saturated heterocycles. The summed E-state index contributed by atoms with van der Waals surface area (Å²) in [6.45, 7) is 2.52. The molecule has 4 heteroatoms. The second-order valence-corrected chi connectivity index (χ2v) is 2.66. The molecule has 1 aromatic heterocycles. The van der Waals surface area contributed by atoms with Crippen LogP contribution < -0.4 is 10.6 Å². The highest BCUT2D eigenvalue weighted by atomic mass is 16.5. The van der Waals surface area contributed by atoms with Gasteiger partial charge in [0.1, 0.15) is 5.69 Å². The van der Waals surface area contributed by atoms with Gasteiger partial charge in [-0.1, -0.05) is 5.16 Å². The summed E-state index contributed by atoms with van der Waals surface area (Å²) in [5.74, 6) is 0.965. The van der Waals surface area contributed by atoms with Gasteiger partial charge in [0, 0.05) is 18.7 Å². The topological polar surface area (TPSA) is 50.1 Å². The maximum absolute atomic E-state index is 5.13. The van der Waals surface area contributed by atoms with Crippen LogP contribution in [0.3, 0.4) is 0 Å². The van der Waals surface area contributed by atoms with Crippen molar-refractivity contribution < 1.29 is 4.52 Å². The lowest BCUT2D eigenvalue weighted by atomic mass is 10.2. The van der Waals surface area contributed by atoms with Crippen molar-refractivity contribution in [2.45, 2.75) is 19.6 Å². The van der Waals surface area contributed by atoms with Crippen LogP contribution in [0, 0.1) is 0 Å². The van der Waals surface area contributed by atoms with Gasteiger partial charge in [0.05, 0.1) is 6.54 Å². The highest BCUT2D eigenvalue weighted by molar-refractivity contribution is 5.26. The molecule has 2 rings (SSSR count). The number of hydrogen-bond donors (Lipinski definition) is 2. The summed E-state index contributed by atoms with van der Waals surface area (Å²) in [7, 11) is 1.90. The van der Waals surface area contributed by atoms with E-state index in [1.165, 1.54) is 5.56 Å². The smallest absolute Gasteiger partial charge is 0.155 e. The Kier molecular flexibility index (Phi) is 1.63. The van der Waals surface area contributed by atoms with E-state index in [1.807, 2.05) is 7.05 Å². The van der Waals surface area contributed by atoms with Crippen LogP contribution in [0.1, 0.15) is 17.0 Å². The first-order valence-electron chi connectivity index (χ1n) is 3.73. The predicted molar refractivity (Wildman–Crippen MR) is 39.8 cm³/mol. The third-order valence-electron chi connectivity index (χ3n) is 1.88. The van der Waals surface area contributed by atoms with Crippen LogP contribution >= 0.6 is 0 Å². The second kappa shape index (κ2) is 2.64. The minimum Gasteiger partial charge on any atom is -0.359 e. The summed E-state index contributed by atoms with van der Waals surface area (Å²) in [5, 5.41) is 10.2. The van der Waals surface area contributed by atoms with Crippen LogP contribution in [0.4, 0.5) is 0 Å². The van der Waals surface area contributed by atoms with Crippen LogP contribution in [0.25, 0.3) is 0 Å². The fourth-order valence-corrected chi connectivity index (χ4v) is 1.33. The van der Waals surface area contributed by atoms with E-state index in [0.29, 0.717) is 0 Å². The Labute approximate surface area is 65.0 Å². The zero-order valence-electron chi connectivity index (χ0n) is 6.48. The molecule has 0 bridgehead atoms. The summed E-state index contributed by atoms with van der Waals surface area (Å²) in [5.41, 5.74) is 2.30. The molecule has 2 N–H and O–H groups in total. The molecule has 60 valence electrons. The van der Waals surface area contributed by atoms with Crippen molar-refractivity contribution in [3.8, 4) is 0 Å². The molecule has 0 radical (unpaired) electrons. The van der Waals surface area contributed by atoms with Gasteiger partial charge in [-0.05, 0) is 7.05 Å². The van der Waals surface area contributed by atoms with Gasteiger partial charge in [0.15, 0.2) is 5.76 Å². The first-order valence-corrected chi connectivity index (χ1v) is 3.73. The molecule has 0 saturated carbocycles. The molecule has 4 nitrogen and oxygen atoms in total. The van der Waals surface area contributed by atoms with Gasteiger partial charge in [-0.15, -0.1) is 0 Å². The first-order chi connectivity index (χ1) is 5.42. The summed E-state index contributed by atoms with van der Waals surface area (Å²) < 4.78 is 5.13. The molecular weight excluding hydrogens is 142 g/mol. The SMILES string of the molecule is CNCc1onc2c1CNC2. The van der Waals surface area contributed by atoms with Crippen LogP contribution in [0.5, 0.6) is 0 Å². The summed E-state index contributed by atoms with van der Waals surface area (Å²) in [6, 6.07) is 0. The fraction of sp³-hybridized carbons (Fsp3) is 0.571. The molecule has 0 unspecified atom stereocenters. The lowest BCUT2D eigenvalue weighted by Gasteiger charge is -1.94. The summed E-state index contributed by atoms with van der Waals surface area (Å²) in [4.78, 5) is 0. The predicted octanol–water partition coefficient (Wildman–Crippen LogP) is -0.00280. The minimum atomic E-state index is 0.768. The Hall–Kier alpha value is -0.870. The molecule has 0 aliphatic carbocycles. The molecule has 2 heterocycles. The first kappa shape index (κ1) is 6.82. The standard InChI is InChI=1S/C7H11N3O/c1-8-4-7-5-2-9-3-6(5)10-11-7/h8-9H,2-4H2,1H3. The Morgan fingerprint density at radius 2 is 2.55 bits per heavy atom. The summed E-state index contributed by atoms with van der Waals surface area (Å²) >= 11 is 0. The molecule has 1 aliphatic heterocycles. The average molecular weight is 153 g/mol. The van der Waals surface area contributed by atoms with E-state index in [0.717, 1.165) is 31.1 Å². The van der Waals surface area contributed by atoms with E-state index in [-0.39, 0.29) is 0 Å². The van der Waals surface area contributed by atoms with E-state index in [1.54, 1.807) is 0 Å². The molecule has 1 aromatic rings. The Morgan fingerprint density at radius 1 is 1.64 bits per heavy atom. The van der Waals surface area contributed by atoms with Crippen molar-refractivity contribution in [3.63, 3.8) is 0 Å². The van der Waals surface area contributed by atoms with Gasteiger partial charge < -0.3 is 15.2 Å². The van der Waals surface area contributed by atoms with E-state index in [2.05, 4.69) is 15.8 Å². The molecule has 0 spiro atoms. The average Bonchev–Trinajstić information content (AvgIpc) is 2.53. The summed E-state index contributed by atoms with van der Waals surface area (Å²) in [6.07, 6.45) is 0. The molecular formula is C7H11N3O. The molecule has 0 amide bonds. The van der Waals surface area contributed by atoms with Crippen LogP contribution in [-0.4, -0.2) is 12.2 Å². The molecule has 11 heavy (non-hydrogen) atoms. The highest BCUT2D eigenvalue weighted by Gasteiger charge is 2.19. The Balaban J connectivity index is 2.27. The maximum atomic E-state index is 5.13. The Bertz CT molecular complexity index is 256. The van der Waals surface area contributed by atoms with Gasteiger partial charge in [-0.2, -0.15) is 0 Å². The number of aromatic nitrogens is 1. The Morgan fingerprint density at radius 3 is 3.36 bits per heavy atom. The van der Waals surface area contributed by atoms with Crippen LogP contribution in [0.15, 0.2) is 4.52 Å². The number of fused-ring (bicyclic) bond motifs is 1. The van der Waals surface area contributed by atoms with Gasteiger partial charge in [0.2, 0.25) is 0 Å². The van der Waals surface area contributed by atoms with Crippen molar-refractivity contribution in [1.29, 1.82) is 0 Å². The normalized spacial score (nSPS) is 15.4. The second-order valence-electron chi connectivity index (χ2n) is 2.66. The monoisotopic (exact) mass is 153 g/mol. The quantitative estimate of drug-likeness (QED) is 0.627. The number of rotatable bonds is 2. The van der Waals surface area contributed by atoms with Gasteiger partial charge in [-0.3, -0.25) is 0 Å². The van der Waals surface area contributed by atoms with E-state index in [9.17, 15) is 0 Å². The molecule has 1 aliphatic rings. The van der Waals surface area contributed by atoms with Crippen LogP contribution in [0.2, 0.25) is 0 Å². The number of nitrogens with zero attached hydrogens (tertiary/aromatic N) is 1. The van der Waals surface area contributed by atoms with Gasteiger partial charge >= 0.3 is 0 Å². The van der Waals surface area contributed by atoms with E-state index >= 15 is 0 Å². The van der Waals surface area contributed by atoms with Crippen molar-refractivity contribution in [1.82, 2.24) is 15.8 Å². The van der Waals surface area contributed by atoms with Crippen molar-refractivity contribution in [2.75, 3.05) is 7.05 Å². The zero-order chi connectivity index (χ0) is 7.68. The number of nitrogens with one attached hydrogen (secondary N) is 2. The number of hydrogen-bond acceptors (Lipinski definition) is 4. The maximum Gasteiger partial charge on any atom is 0.155 e. The largest absolute Gasteiger partial charge is 0.359 e. The fourth-order valence-electron chi connectivity index (χ4n) is 1.33. The van der Waals surface area contributed by atoms with Crippen LogP contribution in [-0.2, 0) is 19.6 Å². The molecule has 0 fully saturated rings. The van der Waals surface area contributed by atoms with Gasteiger partial charge in [0.25, 0.3) is 0 Å². The molecule has 0 atom stereocenters. The lowest BCUT2D eigenvalue weighted by molar-refractivity contribution is 0.365. The highest BCUT2D eigenvalue weighted by Crippen LogP contribution is 2.18. The lowest BCUT2D eigenvalue weighted by Crippen LogP contribution is -2.07. The van der Waals surface area contributed by atoms with Crippen molar-refractivity contribution >= 4 is 0 Å². The van der Waals surface area contributed by atoms with Crippen molar-refractivity contribution in [2.24, 2.45) is 0 Å². The third kappa shape index (κ3) is 1.04. The zero-order valence-corrected chi connectivity index (χ0v) is 6.48. The minimum absolute atomic E-state index is 0.768. The van der Waals surface area contributed by atoms with E-state index < -0.39 is 0 Å². The van der Waals surface area contributed by atoms with Gasteiger partial charge in [-0.25, -0.2) is 0 Å².